The van der Waals surface area contributed by atoms with Crippen LogP contribution in [0.1, 0.15) is 42.7 Å². The van der Waals surface area contributed by atoms with E-state index >= 15 is 0 Å². The van der Waals surface area contributed by atoms with Gasteiger partial charge in [0.2, 0.25) is 5.91 Å². The third-order valence-corrected chi connectivity index (χ3v) is 6.47. The predicted molar refractivity (Wildman–Crippen MR) is 113 cm³/mol. The van der Waals surface area contributed by atoms with Crippen LogP contribution in [0, 0.1) is 32.6 Å². The Morgan fingerprint density at radius 3 is 2.32 bits per heavy atom. The molecule has 6 heteroatoms. The van der Waals surface area contributed by atoms with Crippen LogP contribution in [0.3, 0.4) is 0 Å². The van der Waals surface area contributed by atoms with E-state index in [9.17, 15) is 14.7 Å². The molecule has 0 spiro atoms. The van der Waals surface area contributed by atoms with Gasteiger partial charge in [-0.25, -0.2) is 4.98 Å². The molecule has 0 aliphatic heterocycles. The number of aryl methyl sites for hydroxylation is 3. The van der Waals surface area contributed by atoms with Crippen LogP contribution in [0.5, 0.6) is 0 Å². The lowest BCUT2D eigenvalue weighted by molar-refractivity contribution is -0.146. The topological polar surface area (TPSA) is 79.3 Å². The highest BCUT2D eigenvalue weighted by Crippen LogP contribution is 2.37. The molecule has 1 aromatic heterocycles. The van der Waals surface area contributed by atoms with Gasteiger partial charge in [0.15, 0.2) is 5.13 Å². The molecular formula is C22H26N2O3S. The number of thiazole rings is 1. The minimum Gasteiger partial charge on any atom is -0.481 e. The molecule has 2 atom stereocenters. The first kappa shape index (κ1) is 20.3. The summed E-state index contributed by atoms with van der Waals surface area (Å²) in [5, 5.41) is 13.0. The number of aliphatic carboxylic acids is 1. The number of nitrogens with zero attached hydrogens (tertiary/aromatic N) is 1. The molecule has 5 nitrogen and oxygen atoms in total. The Labute approximate surface area is 169 Å². The Kier molecular flexibility index (Phi) is 5.70. The van der Waals surface area contributed by atoms with Gasteiger partial charge in [-0.05, 0) is 53.0 Å². The van der Waals surface area contributed by atoms with Gasteiger partial charge in [0.25, 0.3) is 0 Å². The van der Waals surface area contributed by atoms with Crippen LogP contribution in [0.4, 0.5) is 5.13 Å². The van der Waals surface area contributed by atoms with Gasteiger partial charge in [-0.1, -0.05) is 34.9 Å². The zero-order valence-corrected chi connectivity index (χ0v) is 17.7. The van der Waals surface area contributed by atoms with Crippen molar-refractivity contribution in [3.63, 3.8) is 0 Å². The zero-order valence-electron chi connectivity index (χ0n) is 16.9. The van der Waals surface area contributed by atoms with Crippen LogP contribution in [0.2, 0.25) is 0 Å². The fraction of sp³-hybridized carbons (Fsp3) is 0.409. The smallest absolute Gasteiger partial charge is 0.307 e. The van der Waals surface area contributed by atoms with E-state index in [1.807, 2.05) is 20.8 Å². The molecule has 1 amide bonds. The first-order valence-corrected chi connectivity index (χ1v) is 10.2. The number of carbonyl (C=O) groups excluding carboxylic acids is 1. The standard InChI is InChI=1S/C22H26N2O3S/c1-11-6-7-16(14(4)8-11)19-15(5)28-22(23-19)24-20(25)17-9-12(2)13(3)10-18(17)21(26)27/h6-8,17-18H,9-10H2,1-5H3,(H,26,27)(H,23,24,25)/t17-,18+/m0/s1. The maximum Gasteiger partial charge on any atom is 0.307 e. The van der Waals surface area contributed by atoms with Crippen LogP contribution in [0.15, 0.2) is 29.3 Å². The number of amides is 1. The maximum absolute atomic E-state index is 12.9. The second-order valence-electron chi connectivity index (χ2n) is 7.75. The van der Waals surface area contributed by atoms with Crippen LogP contribution < -0.4 is 5.32 Å². The van der Waals surface area contributed by atoms with E-state index < -0.39 is 17.8 Å². The molecule has 148 valence electrons. The quantitative estimate of drug-likeness (QED) is 0.701. The minimum atomic E-state index is -0.918. The second kappa shape index (κ2) is 7.87. The lowest BCUT2D eigenvalue weighted by atomic mass is 9.76. The van der Waals surface area contributed by atoms with Crippen molar-refractivity contribution in [2.24, 2.45) is 11.8 Å². The van der Waals surface area contributed by atoms with Gasteiger partial charge >= 0.3 is 5.97 Å². The van der Waals surface area contributed by atoms with E-state index in [2.05, 4.69) is 42.3 Å². The number of hydrogen-bond acceptors (Lipinski definition) is 4. The molecule has 0 saturated carbocycles. The third-order valence-electron chi connectivity index (χ3n) is 5.58. The van der Waals surface area contributed by atoms with Crippen molar-refractivity contribution in [1.29, 1.82) is 0 Å². The van der Waals surface area contributed by atoms with Crippen LogP contribution >= 0.6 is 11.3 Å². The number of aromatic nitrogens is 1. The van der Waals surface area contributed by atoms with Crippen LogP contribution in [-0.2, 0) is 9.59 Å². The van der Waals surface area contributed by atoms with Gasteiger partial charge in [0.05, 0.1) is 17.5 Å². The monoisotopic (exact) mass is 398 g/mol. The van der Waals surface area contributed by atoms with Crippen molar-refractivity contribution in [3.05, 3.63) is 45.3 Å². The summed E-state index contributed by atoms with van der Waals surface area (Å²) >= 11 is 1.42. The summed E-state index contributed by atoms with van der Waals surface area (Å²) in [6, 6.07) is 6.22. The molecule has 1 aliphatic carbocycles. The van der Waals surface area contributed by atoms with Crippen molar-refractivity contribution in [1.82, 2.24) is 4.98 Å². The van der Waals surface area contributed by atoms with Crippen molar-refractivity contribution < 1.29 is 14.7 Å². The first-order chi connectivity index (χ1) is 13.2. The number of benzene rings is 1. The van der Waals surface area contributed by atoms with Crippen LogP contribution in [-0.4, -0.2) is 22.0 Å². The lowest BCUT2D eigenvalue weighted by Crippen LogP contribution is -2.36. The summed E-state index contributed by atoms with van der Waals surface area (Å²) in [4.78, 5) is 30.2. The number of allylic oxidation sites excluding steroid dienone is 2. The number of carbonyl (C=O) groups is 2. The Bertz CT molecular complexity index is 974. The van der Waals surface area contributed by atoms with E-state index in [1.54, 1.807) is 0 Å². The molecule has 3 rings (SSSR count). The summed E-state index contributed by atoms with van der Waals surface area (Å²) < 4.78 is 0. The predicted octanol–water partition coefficient (Wildman–Crippen LogP) is 5.12. The molecule has 0 radical (unpaired) electrons. The highest BCUT2D eigenvalue weighted by molar-refractivity contribution is 7.16. The summed E-state index contributed by atoms with van der Waals surface area (Å²) in [6.07, 6.45) is 0.896. The van der Waals surface area contributed by atoms with E-state index in [4.69, 9.17) is 0 Å². The highest BCUT2D eigenvalue weighted by Gasteiger charge is 2.37. The maximum atomic E-state index is 12.9. The molecule has 28 heavy (non-hydrogen) atoms. The minimum absolute atomic E-state index is 0.264. The van der Waals surface area contributed by atoms with Crippen molar-refractivity contribution >= 4 is 28.3 Å². The largest absolute Gasteiger partial charge is 0.481 e. The fourth-order valence-electron chi connectivity index (χ4n) is 3.80. The Hall–Kier alpha value is -2.47. The molecule has 1 aromatic carbocycles. The Morgan fingerprint density at radius 2 is 1.71 bits per heavy atom. The van der Waals surface area contributed by atoms with E-state index in [0.717, 1.165) is 32.8 Å². The Morgan fingerprint density at radius 1 is 1.07 bits per heavy atom. The number of nitrogens with one attached hydrogen (secondary N) is 1. The highest BCUT2D eigenvalue weighted by atomic mass is 32.1. The molecule has 0 bridgehead atoms. The van der Waals surface area contributed by atoms with Gasteiger partial charge in [-0.15, -0.1) is 11.3 Å². The molecule has 0 unspecified atom stereocenters. The number of carboxylic acids is 1. The normalized spacial score (nSPS) is 19.6. The van der Waals surface area contributed by atoms with Gasteiger partial charge < -0.3 is 10.4 Å². The molecule has 2 N–H and O–H groups in total. The Balaban J connectivity index is 1.84. The molecule has 2 aromatic rings. The van der Waals surface area contributed by atoms with Gasteiger partial charge in [0, 0.05) is 10.4 Å². The van der Waals surface area contributed by atoms with E-state index in [0.29, 0.717) is 18.0 Å². The SMILES string of the molecule is CC1=C(C)C[C@@H](C(=O)O)[C@@H](C(=O)Nc2nc(-c3ccc(C)cc3C)c(C)s2)C1. The first-order valence-electron chi connectivity index (χ1n) is 9.41. The average molecular weight is 399 g/mol. The molecular weight excluding hydrogens is 372 g/mol. The number of rotatable bonds is 4. The fourth-order valence-corrected chi connectivity index (χ4v) is 4.64. The lowest BCUT2D eigenvalue weighted by Gasteiger charge is -2.29. The summed E-state index contributed by atoms with van der Waals surface area (Å²) in [7, 11) is 0. The van der Waals surface area contributed by atoms with Gasteiger partial charge in [-0.3, -0.25) is 9.59 Å². The van der Waals surface area contributed by atoms with Crippen molar-refractivity contribution in [2.75, 3.05) is 5.32 Å². The number of anilines is 1. The molecule has 1 heterocycles. The van der Waals surface area contributed by atoms with Gasteiger partial charge in [-0.2, -0.15) is 0 Å². The van der Waals surface area contributed by atoms with Crippen molar-refractivity contribution in [3.8, 4) is 11.3 Å². The van der Waals surface area contributed by atoms with Gasteiger partial charge in [0.1, 0.15) is 0 Å². The summed E-state index contributed by atoms with van der Waals surface area (Å²) in [6.45, 7) is 10.0. The molecule has 1 aliphatic rings. The second-order valence-corrected chi connectivity index (χ2v) is 8.95. The van der Waals surface area contributed by atoms with Crippen LogP contribution in [0.25, 0.3) is 11.3 Å². The average Bonchev–Trinajstić information content (AvgIpc) is 2.96. The third kappa shape index (κ3) is 4.02. The van der Waals surface area contributed by atoms with Crippen molar-refractivity contribution in [2.45, 2.75) is 47.5 Å². The summed E-state index contributed by atoms with van der Waals surface area (Å²) in [5.41, 5.74) is 6.42. The molecule has 0 saturated heterocycles. The summed E-state index contributed by atoms with van der Waals surface area (Å²) in [5.74, 6) is -2.45. The number of hydrogen-bond donors (Lipinski definition) is 2. The molecule has 0 fully saturated rings. The van der Waals surface area contributed by atoms with E-state index in [-0.39, 0.29) is 5.91 Å². The van der Waals surface area contributed by atoms with E-state index in [1.165, 1.54) is 16.9 Å². The zero-order chi connectivity index (χ0) is 20.6. The number of carboxylic acid groups (broad SMARTS) is 1.